The van der Waals surface area contributed by atoms with Crippen LogP contribution in [0.3, 0.4) is 0 Å². The van der Waals surface area contributed by atoms with Crippen LogP contribution in [0, 0.1) is 0 Å². The zero-order valence-electron chi connectivity index (χ0n) is 41.2. The first-order chi connectivity index (χ1) is 38.2. The Hall–Kier alpha value is -9.66. The molecular weight excluding hydrogens is 975 g/mol. The molecular formula is C70H41N5S2. The maximum absolute atomic E-state index is 5.80. The van der Waals surface area contributed by atoms with Gasteiger partial charge < -0.3 is 13.7 Å². The number of benzene rings is 11. The van der Waals surface area contributed by atoms with Crippen molar-refractivity contribution in [3.05, 3.63) is 249 Å². The van der Waals surface area contributed by atoms with Crippen molar-refractivity contribution in [2.45, 2.75) is 0 Å². The highest BCUT2D eigenvalue weighted by molar-refractivity contribution is 7.26. The van der Waals surface area contributed by atoms with Crippen LogP contribution in [0.4, 0.5) is 0 Å². The van der Waals surface area contributed by atoms with Crippen LogP contribution in [0.25, 0.3) is 157 Å². The van der Waals surface area contributed by atoms with E-state index in [0.29, 0.717) is 5.82 Å². The summed E-state index contributed by atoms with van der Waals surface area (Å²) in [5, 5.41) is 12.1. The van der Waals surface area contributed by atoms with Crippen molar-refractivity contribution in [3.8, 4) is 51.0 Å². The zero-order chi connectivity index (χ0) is 50.3. The number of rotatable bonds is 6. The molecule has 17 rings (SSSR count). The van der Waals surface area contributed by atoms with E-state index in [0.717, 1.165) is 78.2 Å². The van der Waals surface area contributed by atoms with E-state index in [-0.39, 0.29) is 0 Å². The fraction of sp³-hybridized carbons (Fsp3) is 0. The maximum Gasteiger partial charge on any atom is 0.161 e. The van der Waals surface area contributed by atoms with E-state index in [2.05, 4.69) is 262 Å². The first-order valence-electron chi connectivity index (χ1n) is 26.1. The Labute approximate surface area is 449 Å². The second kappa shape index (κ2) is 16.4. The van der Waals surface area contributed by atoms with Crippen LogP contribution in [0.1, 0.15) is 0 Å². The van der Waals surface area contributed by atoms with Gasteiger partial charge in [0, 0.05) is 89.4 Å². The van der Waals surface area contributed by atoms with Gasteiger partial charge >= 0.3 is 0 Å². The van der Waals surface area contributed by atoms with Gasteiger partial charge in [-0.3, -0.25) is 0 Å². The van der Waals surface area contributed by atoms with E-state index in [1.54, 1.807) is 0 Å². The molecule has 0 spiro atoms. The van der Waals surface area contributed by atoms with Gasteiger partial charge in [-0.2, -0.15) is 0 Å². The Kier molecular flexibility index (Phi) is 9.10. The summed E-state index contributed by atoms with van der Waals surface area (Å²) in [6.45, 7) is 0. The quantitative estimate of drug-likeness (QED) is 0.167. The lowest BCUT2D eigenvalue weighted by Gasteiger charge is -2.23. The van der Waals surface area contributed by atoms with Crippen molar-refractivity contribution in [2.24, 2.45) is 0 Å². The number of aromatic nitrogens is 5. The summed E-state index contributed by atoms with van der Waals surface area (Å²) in [7, 11) is 0. The zero-order valence-corrected chi connectivity index (χ0v) is 42.9. The van der Waals surface area contributed by atoms with Gasteiger partial charge in [-0.05, 0) is 72.8 Å². The summed E-state index contributed by atoms with van der Waals surface area (Å²) in [5.41, 5.74) is 14.7. The van der Waals surface area contributed by atoms with Crippen molar-refractivity contribution < 1.29 is 0 Å². The lowest BCUT2D eigenvalue weighted by atomic mass is 10.0. The number of hydrogen-bond acceptors (Lipinski definition) is 4. The molecule has 0 aliphatic carbocycles. The summed E-state index contributed by atoms with van der Waals surface area (Å²) < 4.78 is 12.4. The highest BCUT2D eigenvalue weighted by Gasteiger charge is 2.27. The van der Waals surface area contributed by atoms with Gasteiger partial charge in [-0.25, -0.2) is 9.97 Å². The first-order valence-corrected chi connectivity index (χ1v) is 27.7. The van der Waals surface area contributed by atoms with E-state index in [9.17, 15) is 0 Å². The largest absolute Gasteiger partial charge is 0.307 e. The van der Waals surface area contributed by atoms with Crippen molar-refractivity contribution in [3.63, 3.8) is 0 Å². The molecule has 358 valence electrons. The molecule has 0 aliphatic heterocycles. The molecule has 0 saturated heterocycles. The fourth-order valence-corrected chi connectivity index (χ4v) is 15.0. The van der Waals surface area contributed by atoms with Crippen molar-refractivity contribution >= 4 is 128 Å². The third-order valence-electron chi connectivity index (χ3n) is 15.9. The van der Waals surface area contributed by atoms with Crippen LogP contribution in [0.5, 0.6) is 0 Å². The minimum atomic E-state index is 0.691. The standard InChI is InChI=1S/C70H41N5S2/c1-9-31-57-43(19-1)44-20-2-10-32-58(44)73(57)63-39-42(40-64(74-59-33-11-3-21-45(59)46-22-4-12-34-60(46)74)67(63)75-61-35-13-5-23-47(61)48-24-6-14-36-62(48)75)55-41-56(53-29-17-27-51-49-25-7-15-37-65(49)76-68(51)53)72-70(71-55)54-30-18-28-52-50-26-8-16-38-66(50)77-69(52)54/h1-41H. The van der Waals surface area contributed by atoms with Gasteiger partial charge in [0.2, 0.25) is 0 Å². The third-order valence-corrected chi connectivity index (χ3v) is 18.3. The highest BCUT2D eigenvalue weighted by atomic mass is 32.1. The molecule has 6 heterocycles. The third kappa shape index (κ3) is 6.21. The molecule has 6 aromatic heterocycles. The molecule has 0 fully saturated rings. The average molecular weight is 1020 g/mol. The number of fused-ring (bicyclic) bond motifs is 15. The second-order valence-electron chi connectivity index (χ2n) is 20.0. The van der Waals surface area contributed by atoms with Gasteiger partial charge in [-0.1, -0.05) is 176 Å². The average Bonchev–Trinajstić information content (AvgIpc) is 4.51. The molecule has 0 N–H and O–H groups in total. The first kappa shape index (κ1) is 42.7. The van der Waals surface area contributed by atoms with E-state index in [1.165, 1.54) is 72.7 Å². The molecule has 0 aliphatic rings. The molecule has 0 bridgehead atoms. The highest BCUT2D eigenvalue weighted by Crippen LogP contribution is 2.47. The number of nitrogens with zero attached hydrogens (tertiary/aromatic N) is 5. The molecule has 5 nitrogen and oxygen atoms in total. The summed E-state index contributed by atoms with van der Waals surface area (Å²) in [4.78, 5) is 11.5. The van der Waals surface area contributed by atoms with Crippen molar-refractivity contribution in [2.75, 3.05) is 0 Å². The van der Waals surface area contributed by atoms with Crippen LogP contribution < -0.4 is 0 Å². The van der Waals surface area contributed by atoms with Gasteiger partial charge in [-0.15, -0.1) is 22.7 Å². The predicted molar refractivity (Wildman–Crippen MR) is 327 cm³/mol. The predicted octanol–water partition coefficient (Wildman–Crippen LogP) is 19.5. The Morgan fingerprint density at radius 3 is 1.05 bits per heavy atom. The van der Waals surface area contributed by atoms with Crippen LogP contribution in [-0.2, 0) is 0 Å². The summed E-state index contributed by atoms with van der Waals surface area (Å²) in [6.07, 6.45) is 0. The molecule has 0 unspecified atom stereocenters. The number of thiophene rings is 2. The maximum atomic E-state index is 5.80. The van der Waals surface area contributed by atoms with E-state index in [4.69, 9.17) is 9.97 Å². The second-order valence-corrected chi connectivity index (χ2v) is 22.1. The normalized spacial score (nSPS) is 12.2. The molecule has 0 atom stereocenters. The van der Waals surface area contributed by atoms with Crippen LogP contribution in [0.15, 0.2) is 249 Å². The molecule has 17 aromatic rings. The Balaban J connectivity index is 1.07. The molecule has 7 heteroatoms. The number of hydrogen-bond donors (Lipinski definition) is 0. The smallest absolute Gasteiger partial charge is 0.161 e. The van der Waals surface area contributed by atoms with Crippen molar-refractivity contribution in [1.82, 2.24) is 23.7 Å². The Bertz CT molecular complexity index is 4890. The SMILES string of the molecule is c1ccc2c(c1)sc1c(-c3cc(-c4cc(-n5c6ccccc6c6ccccc65)c(-n5c6ccccc6c6ccccc65)c(-n5c6ccccc6c6ccccc65)c4)nc(-c4cccc5c4sc4ccccc45)n3)cccc12. The van der Waals surface area contributed by atoms with Crippen LogP contribution in [-0.4, -0.2) is 23.7 Å². The van der Waals surface area contributed by atoms with Gasteiger partial charge in [0.05, 0.1) is 61.6 Å². The fourth-order valence-electron chi connectivity index (χ4n) is 12.6. The minimum absolute atomic E-state index is 0.691. The van der Waals surface area contributed by atoms with Gasteiger partial charge in [0.1, 0.15) is 0 Å². The Morgan fingerprint density at radius 2 is 0.610 bits per heavy atom. The summed E-state index contributed by atoms with van der Waals surface area (Å²) >= 11 is 3.64. The Morgan fingerprint density at radius 1 is 0.273 bits per heavy atom. The lowest BCUT2D eigenvalue weighted by Crippen LogP contribution is -2.10. The van der Waals surface area contributed by atoms with Crippen molar-refractivity contribution in [1.29, 1.82) is 0 Å². The van der Waals surface area contributed by atoms with Crippen LogP contribution in [0.2, 0.25) is 0 Å². The minimum Gasteiger partial charge on any atom is -0.307 e. The van der Waals surface area contributed by atoms with E-state index in [1.807, 2.05) is 22.7 Å². The lowest BCUT2D eigenvalue weighted by molar-refractivity contribution is 1.05. The number of para-hydroxylation sites is 6. The summed E-state index contributed by atoms with van der Waals surface area (Å²) in [5.74, 6) is 0.691. The van der Waals surface area contributed by atoms with Gasteiger partial charge in [0.25, 0.3) is 0 Å². The molecule has 77 heavy (non-hydrogen) atoms. The molecule has 0 saturated carbocycles. The van der Waals surface area contributed by atoms with Crippen LogP contribution >= 0.6 is 22.7 Å². The van der Waals surface area contributed by atoms with E-state index >= 15 is 0 Å². The molecule has 0 radical (unpaired) electrons. The van der Waals surface area contributed by atoms with E-state index < -0.39 is 0 Å². The summed E-state index contributed by atoms with van der Waals surface area (Å²) in [6, 6.07) is 91.0. The topological polar surface area (TPSA) is 40.6 Å². The molecule has 0 amide bonds. The van der Waals surface area contributed by atoms with Gasteiger partial charge in [0.15, 0.2) is 5.82 Å². The monoisotopic (exact) mass is 1020 g/mol. The molecule has 11 aromatic carbocycles.